The maximum atomic E-state index is 11.9. The minimum atomic E-state index is -4.37. The number of amides is 1. The van der Waals surface area contributed by atoms with Gasteiger partial charge in [-0.1, -0.05) is 6.92 Å². The number of carbonyl (C=O) groups is 1. The molecule has 0 saturated carbocycles. The molecule has 1 aromatic rings. The van der Waals surface area contributed by atoms with Crippen LogP contribution in [-0.2, 0) is 4.79 Å². The Morgan fingerprint density at radius 1 is 1.37 bits per heavy atom. The fraction of sp³-hybridized carbons (Fsp3) is 0.417. The van der Waals surface area contributed by atoms with E-state index in [1.807, 2.05) is 0 Å². The Labute approximate surface area is 108 Å². The highest BCUT2D eigenvalue weighted by atomic mass is 19.4. The number of nitrogens with two attached hydrogens (primary N) is 1. The van der Waals surface area contributed by atoms with Crippen LogP contribution in [0.15, 0.2) is 24.3 Å². The van der Waals surface area contributed by atoms with E-state index >= 15 is 0 Å². The van der Waals surface area contributed by atoms with Gasteiger partial charge in [-0.05, 0) is 30.7 Å². The van der Waals surface area contributed by atoms with Crippen molar-refractivity contribution in [3.8, 4) is 5.75 Å². The van der Waals surface area contributed by atoms with Gasteiger partial charge in [0.05, 0.1) is 6.04 Å². The van der Waals surface area contributed by atoms with E-state index in [0.717, 1.165) is 0 Å². The van der Waals surface area contributed by atoms with Crippen LogP contribution in [0.2, 0.25) is 0 Å². The van der Waals surface area contributed by atoms with E-state index in [1.54, 1.807) is 6.92 Å². The lowest BCUT2D eigenvalue weighted by Crippen LogP contribution is -2.34. The molecule has 19 heavy (non-hydrogen) atoms. The van der Waals surface area contributed by atoms with Gasteiger partial charge in [-0.3, -0.25) is 4.79 Å². The van der Waals surface area contributed by atoms with E-state index in [0.29, 0.717) is 12.1 Å². The molecule has 0 unspecified atom stereocenters. The first-order chi connectivity index (χ1) is 8.81. The Kier molecular flexibility index (Phi) is 5.17. The predicted molar refractivity (Wildman–Crippen MR) is 64.9 cm³/mol. The molecule has 0 aromatic heterocycles. The number of ether oxygens (including phenoxy) is 1. The Morgan fingerprint density at radius 2 is 1.95 bits per heavy atom. The quantitative estimate of drug-likeness (QED) is 0.867. The van der Waals surface area contributed by atoms with Crippen molar-refractivity contribution in [1.82, 2.24) is 0 Å². The van der Waals surface area contributed by atoms with Crippen molar-refractivity contribution in [2.45, 2.75) is 25.6 Å². The molecule has 0 bridgehead atoms. The number of hydrogen-bond donors (Lipinski definition) is 2. The fourth-order valence-corrected chi connectivity index (χ4v) is 1.22. The number of alkyl halides is 3. The monoisotopic (exact) mass is 276 g/mol. The molecular weight excluding hydrogens is 261 g/mol. The van der Waals surface area contributed by atoms with Crippen molar-refractivity contribution in [2.24, 2.45) is 5.73 Å². The molecule has 0 fully saturated rings. The number of rotatable bonds is 5. The van der Waals surface area contributed by atoms with E-state index in [2.05, 4.69) is 10.1 Å². The Bertz CT molecular complexity index is 418. The van der Waals surface area contributed by atoms with Gasteiger partial charge in [-0.2, -0.15) is 13.2 Å². The number of benzene rings is 1. The third-order valence-electron chi connectivity index (χ3n) is 2.30. The molecule has 0 aliphatic rings. The third-order valence-corrected chi connectivity index (χ3v) is 2.30. The highest BCUT2D eigenvalue weighted by Gasteiger charge is 2.28. The first-order valence-corrected chi connectivity index (χ1v) is 5.68. The highest BCUT2D eigenvalue weighted by molar-refractivity contribution is 5.94. The van der Waals surface area contributed by atoms with Gasteiger partial charge in [0.1, 0.15) is 5.75 Å². The standard InChI is InChI=1S/C12H15F3N2O2/c1-2-10(16)11(18)17-8-3-5-9(6-4-8)19-7-12(13,14)15/h3-6,10H,2,7,16H2,1H3,(H,17,18)/t10-/m0/s1. The van der Waals surface area contributed by atoms with Gasteiger partial charge in [0, 0.05) is 5.69 Å². The molecule has 0 heterocycles. The number of anilines is 1. The number of nitrogens with one attached hydrogen (secondary N) is 1. The summed E-state index contributed by atoms with van der Waals surface area (Å²) in [6.45, 7) is 0.428. The van der Waals surface area contributed by atoms with Crippen LogP contribution in [0.3, 0.4) is 0 Å². The molecule has 0 saturated heterocycles. The first kappa shape index (κ1) is 15.3. The van der Waals surface area contributed by atoms with Gasteiger partial charge >= 0.3 is 6.18 Å². The van der Waals surface area contributed by atoms with E-state index in [9.17, 15) is 18.0 Å². The Balaban J connectivity index is 2.54. The van der Waals surface area contributed by atoms with E-state index < -0.39 is 18.8 Å². The average molecular weight is 276 g/mol. The molecule has 1 atom stereocenters. The van der Waals surface area contributed by atoms with E-state index in [4.69, 9.17) is 5.73 Å². The van der Waals surface area contributed by atoms with Crippen molar-refractivity contribution in [2.75, 3.05) is 11.9 Å². The smallest absolute Gasteiger partial charge is 0.422 e. The van der Waals surface area contributed by atoms with Crippen LogP contribution in [-0.4, -0.2) is 24.7 Å². The topological polar surface area (TPSA) is 64.4 Å². The molecule has 0 aliphatic heterocycles. The fourth-order valence-electron chi connectivity index (χ4n) is 1.22. The summed E-state index contributed by atoms with van der Waals surface area (Å²) in [5.41, 5.74) is 5.98. The molecule has 7 heteroatoms. The second-order valence-electron chi connectivity index (χ2n) is 3.93. The lowest BCUT2D eigenvalue weighted by molar-refractivity contribution is -0.153. The van der Waals surface area contributed by atoms with Crippen LogP contribution in [0.25, 0.3) is 0 Å². The molecule has 1 amide bonds. The van der Waals surface area contributed by atoms with Crippen LogP contribution >= 0.6 is 0 Å². The maximum absolute atomic E-state index is 11.9. The molecule has 106 valence electrons. The number of halogens is 3. The first-order valence-electron chi connectivity index (χ1n) is 5.68. The lowest BCUT2D eigenvalue weighted by Gasteiger charge is -2.11. The van der Waals surface area contributed by atoms with Gasteiger partial charge < -0.3 is 15.8 Å². The molecule has 0 spiro atoms. The predicted octanol–water partition coefficient (Wildman–Crippen LogP) is 2.30. The van der Waals surface area contributed by atoms with E-state index in [1.165, 1.54) is 24.3 Å². The van der Waals surface area contributed by atoms with Crippen LogP contribution in [0, 0.1) is 0 Å². The van der Waals surface area contributed by atoms with Gasteiger partial charge in [-0.15, -0.1) is 0 Å². The molecule has 1 rings (SSSR count). The normalized spacial score (nSPS) is 12.9. The highest BCUT2D eigenvalue weighted by Crippen LogP contribution is 2.20. The van der Waals surface area contributed by atoms with Gasteiger partial charge in [0.2, 0.25) is 5.91 Å². The van der Waals surface area contributed by atoms with Crippen molar-refractivity contribution in [3.05, 3.63) is 24.3 Å². The zero-order chi connectivity index (χ0) is 14.5. The zero-order valence-electron chi connectivity index (χ0n) is 10.3. The Hall–Kier alpha value is -1.76. The van der Waals surface area contributed by atoms with Gasteiger partial charge in [0.15, 0.2) is 6.61 Å². The van der Waals surface area contributed by atoms with Crippen molar-refractivity contribution in [1.29, 1.82) is 0 Å². The van der Waals surface area contributed by atoms with Gasteiger partial charge in [0.25, 0.3) is 0 Å². The molecule has 0 aliphatic carbocycles. The second kappa shape index (κ2) is 6.42. The summed E-state index contributed by atoms with van der Waals surface area (Å²) in [4.78, 5) is 11.5. The van der Waals surface area contributed by atoms with Gasteiger partial charge in [-0.25, -0.2) is 0 Å². The molecule has 0 radical (unpaired) electrons. The molecular formula is C12H15F3N2O2. The zero-order valence-corrected chi connectivity index (χ0v) is 10.3. The summed E-state index contributed by atoms with van der Waals surface area (Å²) in [6, 6.07) is 4.98. The van der Waals surface area contributed by atoms with E-state index in [-0.39, 0.29) is 11.7 Å². The molecule has 3 N–H and O–H groups in total. The number of hydrogen-bond acceptors (Lipinski definition) is 3. The van der Waals surface area contributed by atoms with Crippen molar-refractivity contribution in [3.63, 3.8) is 0 Å². The van der Waals surface area contributed by atoms with Crippen LogP contribution in [0.1, 0.15) is 13.3 Å². The van der Waals surface area contributed by atoms with Crippen LogP contribution < -0.4 is 15.8 Å². The summed E-state index contributed by atoms with van der Waals surface area (Å²) in [5, 5.41) is 2.55. The molecule has 4 nitrogen and oxygen atoms in total. The molecule has 1 aromatic carbocycles. The SMILES string of the molecule is CC[C@H](N)C(=O)Nc1ccc(OCC(F)(F)F)cc1. The Morgan fingerprint density at radius 3 is 2.42 bits per heavy atom. The van der Waals surface area contributed by atoms with Crippen LogP contribution in [0.4, 0.5) is 18.9 Å². The lowest BCUT2D eigenvalue weighted by atomic mass is 10.2. The summed E-state index contributed by atoms with van der Waals surface area (Å²) in [6.07, 6.45) is -3.88. The average Bonchev–Trinajstić information content (AvgIpc) is 2.36. The minimum absolute atomic E-state index is 0.0788. The third kappa shape index (κ3) is 5.60. The maximum Gasteiger partial charge on any atom is 0.422 e. The summed E-state index contributed by atoms with van der Waals surface area (Å²) >= 11 is 0. The summed E-state index contributed by atoms with van der Waals surface area (Å²) in [7, 11) is 0. The summed E-state index contributed by atoms with van der Waals surface area (Å²) < 4.78 is 40.3. The minimum Gasteiger partial charge on any atom is -0.484 e. The summed E-state index contributed by atoms with van der Waals surface area (Å²) in [5.74, 6) is -0.262. The second-order valence-corrected chi connectivity index (χ2v) is 3.93. The largest absolute Gasteiger partial charge is 0.484 e. The van der Waals surface area contributed by atoms with Crippen LogP contribution in [0.5, 0.6) is 5.75 Å². The number of carbonyl (C=O) groups excluding carboxylic acids is 1. The van der Waals surface area contributed by atoms with Crippen molar-refractivity contribution < 1.29 is 22.7 Å². The van der Waals surface area contributed by atoms with Crippen molar-refractivity contribution >= 4 is 11.6 Å².